The normalized spacial score (nSPS) is 12.4. The van der Waals surface area contributed by atoms with Crippen molar-refractivity contribution < 1.29 is 39.2 Å². The van der Waals surface area contributed by atoms with E-state index in [-0.39, 0.29) is 36.5 Å². The van der Waals surface area contributed by atoms with E-state index in [1.807, 2.05) is 10.8 Å². The van der Waals surface area contributed by atoms with E-state index >= 15 is 0 Å². The molecule has 1 aromatic heterocycles. The summed E-state index contributed by atoms with van der Waals surface area (Å²) in [7, 11) is 0. The molecule has 0 saturated heterocycles. The van der Waals surface area contributed by atoms with Crippen molar-refractivity contribution in [3.05, 3.63) is 138 Å². The summed E-state index contributed by atoms with van der Waals surface area (Å²) < 4.78 is 7.83. The van der Waals surface area contributed by atoms with Crippen LogP contribution in [0.25, 0.3) is 0 Å². The van der Waals surface area contributed by atoms with Gasteiger partial charge in [0.1, 0.15) is 41.1 Å². The Morgan fingerprint density at radius 3 is 1.51 bits per heavy atom. The van der Waals surface area contributed by atoms with E-state index < -0.39 is 41.8 Å². The predicted octanol–water partition coefficient (Wildman–Crippen LogP) is 6.91. The summed E-state index contributed by atoms with van der Waals surface area (Å²) in [6.07, 6.45) is 16.8. The van der Waals surface area contributed by atoms with Gasteiger partial charge in [-0.2, -0.15) is 0 Å². The molecule has 0 spiro atoms. The molecule has 0 radical (unpaired) electrons. The summed E-state index contributed by atoms with van der Waals surface area (Å²) >= 11 is 0. The zero-order valence-electron chi connectivity index (χ0n) is 37.3. The highest BCUT2D eigenvalue weighted by Crippen LogP contribution is 2.18. The molecular formula is C51H64N6O8. The van der Waals surface area contributed by atoms with Gasteiger partial charge < -0.3 is 45.9 Å². The van der Waals surface area contributed by atoms with E-state index in [4.69, 9.17) is 4.74 Å². The molecule has 346 valence electrons. The summed E-state index contributed by atoms with van der Waals surface area (Å²) in [5, 5.41) is 41.2. The van der Waals surface area contributed by atoms with Crippen LogP contribution < -0.4 is 26.0 Å². The minimum absolute atomic E-state index is 0.0172. The second-order valence-electron chi connectivity index (χ2n) is 16.4. The Morgan fingerprint density at radius 2 is 1.03 bits per heavy atom. The topological polar surface area (TPSA) is 204 Å². The maximum Gasteiger partial charge on any atom is 0.251 e. The number of amides is 4. The second kappa shape index (κ2) is 26.7. The van der Waals surface area contributed by atoms with Crippen LogP contribution >= 0.6 is 0 Å². The van der Waals surface area contributed by atoms with Crippen LogP contribution in [0.3, 0.4) is 0 Å². The number of rotatable bonds is 28. The Kier molecular flexibility index (Phi) is 20.2. The third-order valence-electron chi connectivity index (χ3n) is 11.1. The fraction of sp³-hybridized carbons (Fsp3) is 0.392. The molecule has 14 nitrogen and oxygen atoms in total. The zero-order valence-corrected chi connectivity index (χ0v) is 37.3. The minimum atomic E-state index is -1.23. The molecule has 1 heterocycles. The van der Waals surface area contributed by atoms with Crippen LogP contribution in [0, 0.1) is 0 Å². The molecule has 0 aliphatic rings. The number of nitrogens with zero attached hydrogens (tertiary/aromatic N) is 2. The van der Waals surface area contributed by atoms with E-state index in [9.17, 15) is 34.5 Å². The maximum absolute atomic E-state index is 14.4. The van der Waals surface area contributed by atoms with E-state index in [1.165, 1.54) is 81.3 Å². The number of nitrogens with one attached hydrogen (secondary N) is 4. The molecule has 5 rings (SSSR count). The first-order valence-corrected chi connectivity index (χ1v) is 22.8. The average molecular weight is 889 g/mol. The lowest BCUT2D eigenvalue weighted by Crippen LogP contribution is -2.58. The molecule has 4 aromatic carbocycles. The lowest BCUT2D eigenvalue weighted by molar-refractivity contribution is -0.132. The van der Waals surface area contributed by atoms with Crippen LogP contribution in [0.15, 0.2) is 116 Å². The second-order valence-corrected chi connectivity index (χ2v) is 16.4. The van der Waals surface area contributed by atoms with Crippen molar-refractivity contribution in [2.75, 3.05) is 13.2 Å². The number of phenols is 3. The molecule has 14 heteroatoms. The highest BCUT2D eigenvalue weighted by molar-refractivity contribution is 5.99. The molecule has 0 saturated carbocycles. The number of unbranched alkanes of at least 4 members (excludes halogenated alkanes) is 8. The van der Waals surface area contributed by atoms with Crippen molar-refractivity contribution in [3.8, 4) is 23.0 Å². The van der Waals surface area contributed by atoms with Crippen LogP contribution in [0.4, 0.5) is 0 Å². The zero-order chi connectivity index (χ0) is 46.2. The number of benzene rings is 4. The minimum Gasteiger partial charge on any atom is -0.508 e. The van der Waals surface area contributed by atoms with Crippen molar-refractivity contribution in [3.63, 3.8) is 0 Å². The van der Waals surface area contributed by atoms with Crippen LogP contribution in [0.5, 0.6) is 23.0 Å². The Morgan fingerprint density at radius 1 is 0.569 bits per heavy atom. The fourth-order valence-corrected chi connectivity index (χ4v) is 7.34. The Bertz CT molecular complexity index is 2180. The van der Waals surface area contributed by atoms with Crippen molar-refractivity contribution in [2.45, 2.75) is 115 Å². The fourth-order valence-electron chi connectivity index (χ4n) is 7.34. The number of phenolic OH excluding ortho intramolecular Hbond substituents is 3. The van der Waals surface area contributed by atoms with E-state index in [2.05, 4.69) is 33.2 Å². The summed E-state index contributed by atoms with van der Waals surface area (Å²) in [5.41, 5.74) is 2.23. The van der Waals surface area contributed by atoms with Gasteiger partial charge in [0.2, 0.25) is 17.7 Å². The van der Waals surface area contributed by atoms with E-state index in [1.54, 1.807) is 73.2 Å². The van der Waals surface area contributed by atoms with Crippen molar-refractivity contribution in [1.82, 2.24) is 30.8 Å². The third-order valence-corrected chi connectivity index (χ3v) is 11.1. The van der Waals surface area contributed by atoms with Crippen LogP contribution in [-0.2, 0) is 40.2 Å². The number of aromatic hydroxyl groups is 3. The van der Waals surface area contributed by atoms with E-state index in [0.717, 1.165) is 12.8 Å². The first-order chi connectivity index (χ1) is 31.6. The number of hydrogen-bond donors (Lipinski definition) is 7. The lowest BCUT2D eigenvalue weighted by atomic mass is 10.0. The number of aromatic nitrogens is 2. The molecule has 65 heavy (non-hydrogen) atoms. The van der Waals surface area contributed by atoms with Gasteiger partial charge in [0, 0.05) is 50.3 Å². The summed E-state index contributed by atoms with van der Waals surface area (Å²) in [5.74, 6) is -1.54. The van der Waals surface area contributed by atoms with Gasteiger partial charge in [0.25, 0.3) is 5.91 Å². The Balaban J connectivity index is 1.28. The SMILES string of the molecule is CCCCCCCCCCCOc1ccc(C(=O)N[C@@H](Cc2ccc(O)cc2)C(=O)N[C@@H](Cc2ccc(O)cc2)C(=O)N[C@@H](Cc2ccc(O)cc2)C(=O)NCCCn2ccnc2)cc1. The number of aryl methyl sites for hydroxylation is 1. The van der Waals surface area contributed by atoms with Crippen LogP contribution in [-0.4, -0.2) is 79.8 Å². The quantitative estimate of drug-likeness (QED) is 0.0261. The molecular weight excluding hydrogens is 825 g/mol. The number of carbonyl (C=O) groups is 4. The van der Waals surface area contributed by atoms with Gasteiger partial charge in [-0.25, -0.2) is 4.98 Å². The number of imidazole rings is 1. The molecule has 4 amide bonds. The van der Waals surface area contributed by atoms with Gasteiger partial charge >= 0.3 is 0 Å². The highest BCUT2D eigenvalue weighted by atomic mass is 16.5. The molecule has 0 bridgehead atoms. The van der Waals surface area contributed by atoms with Gasteiger partial charge in [-0.05, 0) is 90.2 Å². The number of hydrogen-bond acceptors (Lipinski definition) is 9. The lowest BCUT2D eigenvalue weighted by Gasteiger charge is -2.26. The van der Waals surface area contributed by atoms with Crippen LogP contribution in [0.1, 0.15) is 98.2 Å². The van der Waals surface area contributed by atoms with Gasteiger partial charge in [-0.3, -0.25) is 19.2 Å². The molecule has 3 atom stereocenters. The predicted molar refractivity (Wildman–Crippen MR) is 250 cm³/mol. The number of ether oxygens (including phenoxy) is 1. The first-order valence-electron chi connectivity index (χ1n) is 22.8. The smallest absolute Gasteiger partial charge is 0.251 e. The molecule has 5 aromatic rings. The Labute approximate surface area is 381 Å². The first kappa shape index (κ1) is 49.2. The standard InChI is InChI=1S/C51H64N6O8/c1-2-3-4-5-6-7-8-9-10-32-65-44-26-18-40(19-27-44)48(61)54-46(34-38-14-22-42(59)23-15-38)50(63)56-47(35-39-16-24-43(60)25-17-39)51(64)55-45(33-37-12-20-41(58)21-13-37)49(62)53-28-11-30-57-31-29-52-36-57/h12-27,29,31,36,45-47,58-60H,2-11,28,30,32-35H2,1H3,(H,53,62)(H,54,61)(H,55,64)(H,56,63)/t45-,46-,47-/m0/s1. The summed E-state index contributed by atoms with van der Waals surface area (Å²) in [6.45, 7) is 3.74. The van der Waals surface area contributed by atoms with Gasteiger partial charge in [0.15, 0.2) is 0 Å². The monoisotopic (exact) mass is 888 g/mol. The Hall–Kier alpha value is -6.83. The third kappa shape index (κ3) is 17.7. The largest absolute Gasteiger partial charge is 0.508 e. The van der Waals surface area contributed by atoms with Gasteiger partial charge in [0.05, 0.1) is 12.9 Å². The molecule has 7 N–H and O–H groups in total. The maximum atomic E-state index is 14.4. The summed E-state index contributed by atoms with van der Waals surface area (Å²) in [6, 6.07) is 22.0. The van der Waals surface area contributed by atoms with E-state index in [0.29, 0.717) is 54.1 Å². The molecule has 0 aliphatic carbocycles. The summed E-state index contributed by atoms with van der Waals surface area (Å²) in [4.78, 5) is 60.2. The van der Waals surface area contributed by atoms with Gasteiger partial charge in [-0.15, -0.1) is 0 Å². The molecule has 0 unspecified atom stereocenters. The molecule has 0 aliphatic heterocycles. The molecule has 0 fully saturated rings. The average Bonchev–Trinajstić information content (AvgIpc) is 3.84. The van der Waals surface area contributed by atoms with Gasteiger partial charge in [-0.1, -0.05) is 94.7 Å². The van der Waals surface area contributed by atoms with Crippen molar-refractivity contribution in [2.24, 2.45) is 0 Å². The van der Waals surface area contributed by atoms with Crippen molar-refractivity contribution >= 4 is 23.6 Å². The van der Waals surface area contributed by atoms with Crippen LogP contribution in [0.2, 0.25) is 0 Å². The number of carbonyl (C=O) groups excluding carboxylic acids is 4. The highest BCUT2D eigenvalue weighted by Gasteiger charge is 2.31. The van der Waals surface area contributed by atoms with Crippen molar-refractivity contribution in [1.29, 1.82) is 0 Å².